The highest BCUT2D eigenvalue weighted by molar-refractivity contribution is 8.26. The van der Waals surface area contributed by atoms with Crippen molar-refractivity contribution in [3.8, 4) is 0 Å². The lowest BCUT2D eigenvalue weighted by Crippen LogP contribution is -2.39. The highest BCUT2D eigenvalue weighted by Gasteiger charge is 2.38. The molecule has 0 rings (SSSR count). The summed E-state index contributed by atoms with van der Waals surface area (Å²) in [6.07, 6.45) is 5.56. The first-order valence-corrected chi connectivity index (χ1v) is 9.88. The molecule has 0 aromatic carbocycles. The topological polar surface area (TPSA) is 44.8 Å². The Hall–Kier alpha value is 0.117. The van der Waals surface area contributed by atoms with Crippen LogP contribution in [0.3, 0.4) is 0 Å². The van der Waals surface area contributed by atoms with Gasteiger partial charge in [-0.2, -0.15) is 0 Å². The Balaban J connectivity index is 3.68. The first-order chi connectivity index (χ1) is 8.64. The van der Waals surface area contributed by atoms with Gasteiger partial charge < -0.3 is 13.3 Å². The van der Waals surface area contributed by atoms with Crippen LogP contribution in [0.1, 0.15) is 45.4 Å². The Bertz CT molecular complexity index is 214. The van der Waals surface area contributed by atoms with Gasteiger partial charge in [-0.15, -0.1) is 0 Å². The normalized spacial score (nSPS) is 11.8. The minimum atomic E-state index is -2.52. The van der Waals surface area contributed by atoms with E-state index in [2.05, 4.69) is 6.92 Å². The van der Waals surface area contributed by atoms with Gasteiger partial charge in [-0.3, -0.25) is 4.79 Å². The van der Waals surface area contributed by atoms with Gasteiger partial charge in [0, 0.05) is 34.2 Å². The van der Waals surface area contributed by atoms with Gasteiger partial charge in [0.25, 0.3) is 0 Å². The first-order valence-electron chi connectivity index (χ1n) is 6.45. The molecule has 0 saturated heterocycles. The van der Waals surface area contributed by atoms with Crippen LogP contribution in [0.4, 0.5) is 0 Å². The van der Waals surface area contributed by atoms with Crippen LogP contribution in [-0.2, 0) is 18.1 Å². The molecule has 0 aromatic rings. The SMILES string of the molecule is CCCCCC(=O)CCCS[Si](OC)(OC)OC. The molecule has 0 aliphatic rings. The summed E-state index contributed by atoms with van der Waals surface area (Å²) < 4.78 is 15.9. The molecule has 0 atom stereocenters. The Morgan fingerprint density at radius 2 is 1.56 bits per heavy atom. The van der Waals surface area contributed by atoms with Crippen molar-refractivity contribution in [2.24, 2.45) is 0 Å². The van der Waals surface area contributed by atoms with Gasteiger partial charge in [0.05, 0.1) is 0 Å². The van der Waals surface area contributed by atoms with Crippen LogP contribution in [0.25, 0.3) is 0 Å². The summed E-state index contributed by atoms with van der Waals surface area (Å²) in [4.78, 5) is 11.6. The molecule has 0 aliphatic heterocycles. The maximum Gasteiger partial charge on any atom is 0.572 e. The van der Waals surface area contributed by atoms with Crippen molar-refractivity contribution in [3.05, 3.63) is 0 Å². The summed E-state index contributed by atoms with van der Waals surface area (Å²) >= 11 is 1.56. The largest absolute Gasteiger partial charge is 0.572 e. The molecule has 0 unspecified atom stereocenters. The predicted molar refractivity (Wildman–Crippen MR) is 77.6 cm³/mol. The van der Waals surface area contributed by atoms with Crippen LogP contribution >= 0.6 is 11.2 Å². The molecule has 0 fully saturated rings. The fourth-order valence-corrected chi connectivity index (χ4v) is 5.23. The molecule has 0 amide bonds. The smallest absolute Gasteiger partial charge is 0.369 e. The van der Waals surface area contributed by atoms with Crippen molar-refractivity contribution in [2.45, 2.75) is 45.4 Å². The summed E-state index contributed by atoms with van der Waals surface area (Å²) in [7, 11) is 2.28. The zero-order chi connectivity index (χ0) is 13.9. The van der Waals surface area contributed by atoms with Gasteiger partial charge >= 0.3 is 7.95 Å². The molecule has 0 bridgehead atoms. The summed E-state index contributed by atoms with van der Waals surface area (Å²) in [5.41, 5.74) is 0. The van der Waals surface area contributed by atoms with Crippen LogP contribution in [0.15, 0.2) is 0 Å². The van der Waals surface area contributed by atoms with Crippen molar-refractivity contribution < 1.29 is 18.1 Å². The van der Waals surface area contributed by atoms with Gasteiger partial charge in [0.15, 0.2) is 0 Å². The van der Waals surface area contributed by atoms with Crippen LogP contribution in [0, 0.1) is 0 Å². The van der Waals surface area contributed by atoms with E-state index < -0.39 is 7.95 Å². The molecule has 6 heteroatoms. The second-order valence-electron chi connectivity index (χ2n) is 4.06. The molecule has 0 saturated carbocycles. The zero-order valence-corrected chi connectivity index (χ0v) is 13.8. The lowest BCUT2D eigenvalue weighted by molar-refractivity contribution is -0.119. The predicted octanol–water partition coefficient (Wildman–Crippen LogP) is 3.02. The van der Waals surface area contributed by atoms with E-state index in [4.69, 9.17) is 13.3 Å². The van der Waals surface area contributed by atoms with E-state index in [1.54, 1.807) is 32.5 Å². The Morgan fingerprint density at radius 3 is 2.06 bits per heavy atom. The van der Waals surface area contributed by atoms with Gasteiger partial charge in [-0.1, -0.05) is 31.0 Å². The third-order valence-corrected chi connectivity index (χ3v) is 8.21. The van der Waals surface area contributed by atoms with Crippen LogP contribution < -0.4 is 0 Å². The fourth-order valence-electron chi connectivity index (χ4n) is 1.59. The van der Waals surface area contributed by atoms with E-state index in [9.17, 15) is 4.79 Å². The Kier molecular flexibility index (Phi) is 11.1. The van der Waals surface area contributed by atoms with E-state index in [0.717, 1.165) is 37.9 Å². The second-order valence-corrected chi connectivity index (χ2v) is 9.35. The monoisotopic (exact) mass is 294 g/mol. The van der Waals surface area contributed by atoms with Crippen molar-refractivity contribution in [3.63, 3.8) is 0 Å². The van der Waals surface area contributed by atoms with E-state index in [1.807, 2.05) is 0 Å². The number of hydrogen-bond donors (Lipinski definition) is 0. The number of ketones is 1. The van der Waals surface area contributed by atoms with Gasteiger partial charge in [-0.05, 0) is 18.6 Å². The lowest BCUT2D eigenvalue weighted by Gasteiger charge is -2.22. The third-order valence-electron chi connectivity index (χ3n) is 2.69. The van der Waals surface area contributed by atoms with E-state index in [1.165, 1.54) is 0 Å². The molecule has 0 aromatic heterocycles. The molecular weight excluding hydrogens is 268 g/mol. The molecule has 0 spiro atoms. The van der Waals surface area contributed by atoms with Crippen LogP contribution in [0.2, 0.25) is 0 Å². The van der Waals surface area contributed by atoms with Crippen molar-refractivity contribution in [2.75, 3.05) is 27.1 Å². The average molecular weight is 294 g/mol. The fraction of sp³-hybridized carbons (Fsp3) is 0.917. The minimum Gasteiger partial charge on any atom is -0.369 e. The summed E-state index contributed by atoms with van der Waals surface area (Å²) in [5, 5.41) is 0. The molecular formula is C12H26O4SSi. The highest BCUT2D eigenvalue weighted by Crippen LogP contribution is 2.23. The molecule has 0 N–H and O–H groups in total. The maximum absolute atomic E-state index is 11.6. The molecule has 0 aliphatic carbocycles. The number of carbonyl (C=O) groups excluding carboxylic acids is 1. The van der Waals surface area contributed by atoms with E-state index >= 15 is 0 Å². The third kappa shape index (κ3) is 7.53. The van der Waals surface area contributed by atoms with Gasteiger partial charge in [-0.25, -0.2) is 0 Å². The average Bonchev–Trinajstić information content (AvgIpc) is 2.40. The molecule has 18 heavy (non-hydrogen) atoms. The number of unbranched alkanes of at least 4 members (excludes halogenated alkanes) is 2. The van der Waals surface area contributed by atoms with Crippen molar-refractivity contribution >= 4 is 24.9 Å². The number of rotatable bonds is 12. The quantitative estimate of drug-likeness (QED) is 0.409. The maximum atomic E-state index is 11.6. The molecule has 4 nitrogen and oxygen atoms in total. The molecule has 0 radical (unpaired) electrons. The van der Waals surface area contributed by atoms with Gasteiger partial charge in [0.2, 0.25) is 0 Å². The van der Waals surface area contributed by atoms with Crippen molar-refractivity contribution in [1.82, 2.24) is 0 Å². The number of hydrogen-bond acceptors (Lipinski definition) is 5. The summed E-state index contributed by atoms with van der Waals surface area (Å²) in [6.45, 7) is 2.14. The summed E-state index contributed by atoms with van der Waals surface area (Å²) in [5.74, 6) is 1.20. The minimum absolute atomic E-state index is 0.364. The standard InChI is InChI=1S/C12H26O4SSi/c1-5-6-7-9-12(13)10-8-11-17-18(14-2,15-3)16-4/h5-11H2,1-4H3. The van der Waals surface area contributed by atoms with Crippen molar-refractivity contribution in [1.29, 1.82) is 0 Å². The number of Topliss-reactive ketones (excluding diaryl/α,β-unsaturated/α-hetero) is 1. The second kappa shape index (κ2) is 11.0. The Labute approximate surface area is 116 Å². The highest BCUT2D eigenvalue weighted by atomic mass is 32.4. The van der Waals surface area contributed by atoms with E-state index in [-0.39, 0.29) is 0 Å². The zero-order valence-electron chi connectivity index (χ0n) is 12.0. The van der Waals surface area contributed by atoms with Gasteiger partial charge in [0.1, 0.15) is 5.78 Å². The Morgan fingerprint density at radius 1 is 1.00 bits per heavy atom. The number of carbonyl (C=O) groups is 1. The van der Waals surface area contributed by atoms with E-state index in [0.29, 0.717) is 12.2 Å². The first kappa shape index (κ1) is 18.1. The summed E-state index contributed by atoms with van der Waals surface area (Å²) in [6, 6.07) is 0. The molecule has 108 valence electrons. The van der Waals surface area contributed by atoms with Crippen LogP contribution in [-0.4, -0.2) is 40.8 Å². The lowest BCUT2D eigenvalue weighted by atomic mass is 10.1. The van der Waals surface area contributed by atoms with Crippen LogP contribution in [0.5, 0.6) is 0 Å². The molecule has 0 heterocycles.